The molecular formula is C15H32O6. The van der Waals surface area contributed by atoms with E-state index in [1.807, 2.05) is 13.8 Å². The Hall–Kier alpha value is -0.240. The van der Waals surface area contributed by atoms with Gasteiger partial charge in [0.05, 0.1) is 12.2 Å². The molecule has 4 atom stereocenters. The average Bonchev–Trinajstić information content (AvgIpc) is 2.43. The molecule has 0 aliphatic heterocycles. The molecule has 0 saturated heterocycles. The number of aliphatic hydroxyl groups is 6. The molecular weight excluding hydrogens is 276 g/mol. The van der Waals surface area contributed by atoms with Crippen molar-refractivity contribution in [3.8, 4) is 0 Å². The zero-order chi connectivity index (χ0) is 16.7. The Kier molecular flexibility index (Phi) is 8.92. The van der Waals surface area contributed by atoms with Crippen LogP contribution in [0.5, 0.6) is 0 Å². The summed E-state index contributed by atoms with van der Waals surface area (Å²) < 4.78 is 0. The molecule has 0 bridgehead atoms. The van der Waals surface area contributed by atoms with E-state index >= 15 is 0 Å². The third-order valence-electron chi connectivity index (χ3n) is 4.18. The summed E-state index contributed by atoms with van der Waals surface area (Å²) in [5.41, 5.74) is -2.24. The molecule has 0 heterocycles. The summed E-state index contributed by atoms with van der Waals surface area (Å²) in [4.78, 5) is 0. The lowest BCUT2D eigenvalue weighted by Gasteiger charge is -2.44. The van der Waals surface area contributed by atoms with E-state index in [1.54, 1.807) is 6.92 Å². The van der Waals surface area contributed by atoms with Gasteiger partial charge in [-0.05, 0) is 37.0 Å². The van der Waals surface area contributed by atoms with Gasteiger partial charge in [0.2, 0.25) is 0 Å². The van der Waals surface area contributed by atoms with Crippen molar-refractivity contribution in [1.29, 1.82) is 0 Å². The normalized spacial score (nSPS) is 19.9. The van der Waals surface area contributed by atoms with E-state index in [9.17, 15) is 20.4 Å². The van der Waals surface area contributed by atoms with Gasteiger partial charge in [-0.2, -0.15) is 0 Å². The largest absolute Gasteiger partial charge is 0.396 e. The van der Waals surface area contributed by atoms with Crippen LogP contribution >= 0.6 is 0 Å². The SMILES string of the molecule is CC(CC(C)(C)CO)C(O)(C(O)CCO)C(O)CCCO. The fourth-order valence-corrected chi connectivity index (χ4v) is 2.81. The Labute approximate surface area is 127 Å². The van der Waals surface area contributed by atoms with Crippen LogP contribution in [0.15, 0.2) is 0 Å². The van der Waals surface area contributed by atoms with Gasteiger partial charge in [-0.25, -0.2) is 0 Å². The molecule has 21 heavy (non-hydrogen) atoms. The highest BCUT2D eigenvalue weighted by molar-refractivity contribution is 4.98. The van der Waals surface area contributed by atoms with Crippen molar-refractivity contribution < 1.29 is 30.6 Å². The molecule has 6 heteroatoms. The molecule has 0 fully saturated rings. The van der Waals surface area contributed by atoms with Crippen LogP contribution in [-0.4, -0.2) is 68.3 Å². The maximum absolute atomic E-state index is 10.9. The van der Waals surface area contributed by atoms with Gasteiger partial charge in [0, 0.05) is 19.8 Å². The molecule has 0 saturated carbocycles. The number of rotatable bonds is 11. The highest BCUT2D eigenvalue weighted by Crippen LogP contribution is 2.37. The van der Waals surface area contributed by atoms with Crippen LogP contribution in [0.2, 0.25) is 0 Å². The Bertz CT molecular complexity index is 283. The first-order valence-electron chi connectivity index (χ1n) is 7.56. The van der Waals surface area contributed by atoms with Gasteiger partial charge in [-0.3, -0.25) is 0 Å². The molecule has 0 aromatic rings. The molecule has 0 aromatic heterocycles. The number of hydrogen-bond donors (Lipinski definition) is 6. The molecule has 0 aliphatic carbocycles. The summed E-state index contributed by atoms with van der Waals surface area (Å²) in [7, 11) is 0. The van der Waals surface area contributed by atoms with E-state index in [1.165, 1.54) is 0 Å². The van der Waals surface area contributed by atoms with E-state index in [2.05, 4.69) is 0 Å². The van der Waals surface area contributed by atoms with Gasteiger partial charge >= 0.3 is 0 Å². The second-order valence-electron chi connectivity index (χ2n) is 6.72. The van der Waals surface area contributed by atoms with Crippen molar-refractivity contribution in [1.82, 2.24) is 0 Å². The molecule has 0 radical (unpaired) electrons. The lowest BCUT2D eigenvalue weighted by atomic mass is 9.70. The Balaban J connectivity index is 5.18. The van der Waals surface area contributed by atoms with Crippen molar-refractivity contribution >= 4 is 0 Å². The van der Waals surface area contributed by atoms with Crippen molar-refractivity contribution in [3.63, 3.8) is 0 Å². The highest BCUT2D eigenvalue weighted by Gasteiger charge is 2.47. The second-order valence-corrected chi connectivity index (χ2v) is 6.72. The van der Waals surface area contributed by atoms with Gasteiger partial charge in [0.25, 0.3) is 0 Å². The van der Waals surface area contributed by atoms with Gasteiger partial charge in [0.15, 0.2) is 0 Å². The molecule has 0 aliphatic rings. The standard InChI is InChI=1S/C15H32O6/c1-11(9-14(2,3)10-18)15(21,13(20)6-8-17)12(19)5-4-7-16/h11-13,16-21H,4-10H2,1-3H3. The molecule has 4 unspecified atom stereocenters. The fourth-order valence-electron chi connectivity index (χ4n) is 2.81. The van der Waals surface area contributed by atoms with Crippen molar-refractivity contribution in [2.24, 2.45) is 11.3 Å². The van der Waals surface area contributed by atoms with Crippen LogP contribution in [0, 0.1) is 11.3 Å². The molecule has 0 amide bonds. The lowest BCUT2D eigenvalue weighted by Crippen LogP contribution is -2.57. The van der Waals surface area contributed by atoms with Crippen LogP contribution in [0.3, 0.4) is 0 Å². The summed E-state index contributed by atoms with van der Waals surface area (Å²) in [5.74, 6) is -0.491. The summed E-state index contributed by atoms with van der Waals surface area (Å²) in [6.45, 7) is 4.90. The van der Waals surface area contributed by atoms with E-state index in [4.69, 9.17) is 10.2 Å². The van der Waals surface area contributed by atoms with E-state index in [-0.39, 0.29) is 32.7 Å². The smallest absolute Gasteiger partial charge is 0.119 e. The van der Waals surface area contributed by atoms with Crippen LogP contribution in [0.1, 0.15) is 46.5 Å². The molecule has 0 aromatic carbocycles. The third-order valence-corrected chi connectivity index (χ3v) is 4.18. The van der Waals surface area contributed by atoms with Gasteiger partial charge in [-0.1, -0.05) is 20.8 Å². The van der Waals surface area contributed by atoms with E-state index in [0.717, 1.165) is 0 Å². The maximum atomic E-state index is 10.9. The minimum absolute atomic E-state index is 0.0451. The zero-order valence-electron chi connectivity index (χ0n) is 13.4. The Morgan fingerprint density at radius 1 is 0.905 bits per heavy atom. The molecule has 0 spiro atoms. The van der Waals surface area contributed by atoms with Crippen LogP contribution in [0.4, 0.5) is 0 Å². The van der Waals surface area contributed by atoms with E-state index in [0.29, 0.717) is 12.8 Å². The molecule has 6 nitrogen and oxygen atoms in total. The van der Waals surface area contributed by atoms with E-state index < -0.39 is 29.1 Å². The number of hydrogen-bond acceptors (Lipinski definition) is 6. The molecule has 128 valence electrons. The van der Waals surface area contributed by atoms with Gasteiger partial charge < -0.3 is 30.6 Å². The predicted octanol–water partition coefficient (Wildman–Crippen LogP) is -0.361. The van der Waals surface area contributed by atoms with Crippen molar-refractivity contribution in [2.45, 2.75) is 64.3 Å². The molecule has 6 N–H and O–H groups in total. The first-order chi connectivity index (χ1) is 9.65. The maximum Gasteiger partial charge on any atom is 0.119 e. The minimum Gasteiger partial charge on any atom is -0.396 e. The first-order valence-corrected chi connectivity index (χ1v) is 7.56. The zero-order valence-corrected chi connectivity index (χ0v) is 13.4. The van der Waals surface area contributed by atoms with Gasteiger partial charge in [0.1, 0.15) is 5.60 Å². The highest BCUT2D eigenvalue weighted by atomic mass is 16.4. The second kappa shape index (κ2) is 9.02. The first kappa shape index (κ1) is 20.8. The Morgan fingerprint density at radius 3 is 1.86 bits per heavy atom. The van der Waals surface area contributed by atoms with Crippen molar-refractivity contribution in [3.05, 3.63) is 0 Å². The minimum atomic E-state index is -1.79. The van der Waals surface area contributed by atoms with Crippen molar-refractivity contribution in [2.75, 3.05) is 19.8 Å². The topological polar surface area (TPSA) is 121 Å². The fraction of sp³-hybridized carbons (Fsp3) is 1.00. The summed E-state index contributed by atoms with van der Waals surface area (Å²) in [6.07, 6.45) is -1.67. The summed E-state index contributed by atoms with van der Waals surface area (Å²) in [5, 5.41) is 58.5. The summed E-state index contributed by atoms with van der Waals surface area (Å²) in [6, 6.07) is 0. The van der Waals surface area contributed by atoms with Gasteiger partial charge in [-0.15, -0.1) is 0 Å². The van der Waals surface area contributed by atoms with Crippen LogP contribution in [-0.2, 0) is 0 Å². The number of aliphatic hydroxyl groups excluding tert-OH is 5. The van der Waals surface area contributed by atoms with Crippen LogP contribution in [0.25, 0.3) is 0 Å². The quantitative estimate of drug-likeness (QED) is 0.310. The average molecular weight is 308 g/mol. The lowest BCUT2D eigenvalue weighted by molar-refractivity contribution is -0.187. The Morgan fingerprint density at radius 2 is 1.43 bits per heavy atom. The third kappa shape index (κ3) is 5.81. The monoisotopic (exact) mass is 308 g/mol. The summed E-state index contributed by atoms with van der Waals surface area (Å²) >= 11 is 0. The predicted molar refractivity (Wildman–Crippen MR) is 79.6 cm³/mol. The molecule has 0 rings (SSSR count). The van der Waals surface area contributed by atoms with Crippen LogP contribution < -0.4 is 0 Å².